The van der Waals surface area contributed by atoms with Gasteiger partial charge in [0.2, 0.25) is 0 Å². The summed E-state index contributed by atoms with van der Waals surface area (Å²) in [6.07, 6.45) is 4.14. The Morgan fingerprint density at radius 3 is 2.00 bits per heavy atom. The van der Waals surface area contributed by atoms with Crippen LogP contribution in [0, 0.1) is 0 Å². The van der Waals surface area contributed by atoms with Crippen LogP contribution >= 0.6 is 7.82 Å². The summed E-state index contributed by atoms with van der Waals surface area (Å²) in [4.78, 5) is 29.9. The molecule has 2 fully saturated rings. The third-order valence-electron chi connectivity index (χ3n) is 5.29. The van der Waals surface area contributed by atoms with E-state index in [1.165, 1.54) is 6.07 Å². The summed E-state index contributed by atoms with van der Waals surface area (Å²) in [7, 11) is -4.74. The molecule has 0 aromatic heterocycles. The fourth-order valence-corrected chi connectivity index (χ4v) is 3.85. The first-order valence-electron chi connectivity index (χ1n) is 12.4. The van der Waals surface area contributed by atoms with Gasteiger partial charge in [0.05, 0.1) is 26.4 Å². The zero-order valence-corrected chi connectivity index (χ0v) is 22.1. The Bertz CT molecular complexity index is 1030. The quantitative estimate of drug-likeness (QED) is 0.324. The molecule has 2 aromatic rings. The average Bonchev–Trinajstić information content (AvgIpc) is 2.94. The summed E-state index contributed by atoms with van der Waals surface area (Å²) in [6.45, 7) is 7.86. The number of morpholine rings is 2. The first-order chi connectivity index (χ1) is 18.4. The summed E-state index contributed by atoms with van der Waals surface area (Å²) >= 11 is 0. The number of benzene rings is 2. The Kier molecular flexibility index (Phi) is 12.7. The lowest BCUT2D eigenvalue weighted by atomic mass is 10.1. The van der Waals surface area contributed by atoms with E-state index < -0.39 is 7.82 Å². The second-order valence-electron chi connectivity index (χ2n) is 8.34. The van der Waals surface area contributed by atoms with Gasteiger partial charge in [-0.25, -0.2) is 4.57 Å². The monoisotopic (exact) mass is 550 g/mol. The molecule has 0 spiro atoms. The number of phosphoric ester groups is 1. The summed E-state index contributed by atoms with van der Waals surface area (Å²) in [6, 6.07) is 11.7. The zero-order valence-electron chi connectivity index (χ0n) is 21.2. The van der Waals surface area contributed by atoms with Gasteiger partial charge in [0.1, 0.15) is 12.4 Å². The molecule has 0 atom stereocenters. The Labute approximate surface area is 222 Å². The van der Waals surface area contributed by atoms with Gasteiger partial charge in [-0.3, -0.25) is 14.6 Å². The Morgan fingerprint density at radius 1 is 0.842 bits per heavy atom. The van der Waals surface area contributed by atoms with Crippen molar-refractivity contribution in [1.29, 1.82) is 0 Å². The van der Waals surface area contributed by atoms with Gasteiger partial charge < -0.3 is 34.1 Å². The van der Waals surface area contributed by atoms with Crippen LogP contribution in [0.15, 0.2) is 48.5 Å². The Morgan fingerprint density at radius 2 is 1.47 bits per heavy atom. The van der Waals surface area contributed by atoms with Crippen LogP contribution in [0.2, 0.25) is 0 Å². The molecule has 38 heavy (non-hydrogen) atoms. The maximum Gasteiger partial charge on any atom is 0.524 e. The van der Waals surface area contributed by atoms with Crippen LogP contribution in [0.1, 0.15) is 17.5 Å². The topological polar surface area (TPSA) is 145 Å². The number of carbonyl (C=O) groups excluding carboxylic acids is 1. The molecule has 0 unspecified atom stereocenters. The number of phosphoric acid groups is 1. The largest absolute Gasteiger partial charge is 0.524 e. The molecule has 4 aliphatic rings. The van der Waals surface area contributed by atoms with Gasteiger partial charge in [0.25, 0.3) is 0 Å². The van der Waals surface area contributed by atoms with Crippen LogP contribution in [0.25, 0.3) is 6.08 Å². The molecule has 2 aromatic carbocycles. The van der Waals surface area contributed by atoms with Crippen molar-refractivity contribution in [3.05, 3.63) is 59.7 Å². The molecule has 2 saturated heterocycles. The van der Waals surface area contributed by atoms with Crippen molar-refractivity contribution in [2.24, 2.45) is 0 Å². The highest BCUT2D eigenvalue weighted by Gasteiger charge is 2.20. The molecular weight excluding hydrogens is 515 g/mol. The predicted molar refractivity (Wildman–Crippen MR) is 141 cm³/mol. The third kappa shape index (κ3) is 12.2. The normalized spacial score (nSPS) is 18.5. The summed E-state index contributed by atoms with van der Waals surface area (Å²) in [5.74, 6) is 0.213. The number of esters is 1. The lowest BCUT2D eigenvalue weighted by Gasteiger charge is -2.14. The highest BCUT2D eigenvalue weighted by molar-refractivity contribution is 7.46. The van der Waals surface area contributed by atoms with E-state index in [-0.39, 0.29) is 30.5 Å². The first-order valence-corrected chi connectivity index (χ1v) is 14.0. The number of rotatable bonds is 2. The molecule has 12 heteroatoms. The van der Waals surface area contributed by atoms with E-state index in [1.807, 2.05) is 6.08 Å². The van der Waals surface area contributed by atoms with E-state index in [1.54, 1.807) is 42.5 Å². The highest BCUT2D eigenvalue weighted by Crippen LogP contribution is 2.43. The van der Waals surface area contributed by atoms with Crippen molar-refractivity contribution in [1.82, 2.24) is 10.6 Å². The number of aryl methyl sites for hydroxylation is 1. The van der Waals surface area contributed by atoms with Crippen LogP contribution in [0.5, 0.6) is 17.2 Å². The van der Waals surface area contributed by atoms with E-state index in [0.29, 0.717) is 12.2 Å². The number of hydrogen-bond acceptors (Lipinski definition) is 9. The van der Waals surface area contributed by atoms with Gasteiger partial charge in [-0.05, 0) is 47.9 Å². The minimum absolute atomic E-state index is 0.0852. The average molecular weight is 551 g/mol. The van der Waals surface area contributed by atoms with E-state index in [2.05, 4.69) is 10.6 Å². The second-order valence-corrected chi connectivity index (χ2v) is 9.51. The van der Waals surface area contributed by atoms with Crippen molar-refractivity contribution in [3.63, 3.8) is 0 Å². The summed E-state index contributed by atoms with van der Waals surface area (Å²) in [5, 5.41) is 6.32. The number of fused-ring (bicyclic) bond motifs is 7. The molecule has 208 valence electrons. The minimum Gasteiger partial charge on any atom is -0.461 e. The second kappa shape index (κ2) is 16.3. The van der Waals surface area contributed by atoms with Crippen LogP contribution in [0.4, 0.5) is 0 Å². The van der Waals surface area contributed by atoms with Crippen LogP contribution < -0.4 is 19.9 Å². The van der Waals surface area contributed by atoms with Gasteiger partial charge in [0, 0.05) is 32.6 Å². The van der Waals surface area contributed by atoms with Crippen molar-refractivity contribution < 1.29 is 42.6 Å². The molecule has 0 saturated carbocycles. The molecule has 11 nitrogen and oxygen atoms in total. The van der Waals surface area contributed by atoms with Gasteiger partial charge in [-0.15, -0.1) is 0 Å². The smallest absolute Gasteiger partial charge is 0.461 e. The van der Waals surface area contributed by atoms with Gasteiger partial charge >= 0.3 is 13.8 Å². The maximum absolute atomic E-state index is 11.8. The lowest BCUT2D eigenvalue weighted by molar-refractivity contribution is -0.142. The fraction of sp³-hybridized carbons (Fsp3) is 0.423. The summed E-state index contributed by atoms with van der Waals surface area (Å²) in [5.41, 5.74) is 1.64. The number of ether oxygens (including phenoxy) is 4. The Hall–Kier alpha value is -2.76. The first kappa shape index (κ1) is 29.8. The SMILES string of the molecule is C1COCCN1.C1COCCN1.O=C1CCc2ccc(OP(=O)(O)O)c(c2)Oc2ccc(cc2)/C=C\CO1. The fourth-order valence-electron chi connectivity index (χ4n) is 3.44. The van der Waals surface area contributed by atoms with E-state index in [0.717, 1.165) is 63.7 Å². The predicted octanol–water partition coefficient (Wildman–Crippen LogP) is 2.67. The van der Waals surface area contributed by atoms with Crippen LogP contribution in [-0.2, 0) is 30.0 Å². The van der Waals surface area contributed by atoms with E-state index in [9.17, 15) is 9.36 Å². The van der Waals surface area contributed by atoms with E-state index >= 15 is 0 Å². The number of hydrogen-bond donors (Lipinski definition) is 4. The molecule has 4 aliphatic heterocycles. The molecule has 0 radical (unpaired) electrons. The zero-order chi connectivity index (χ0) is 27.1. The molecule has 0 aliphatic carbocycles. The summed E-state index contributed by atoms with van der Waals surface area (Å²) < 4.78 is 36.8. The van der Waals surface area contributed by atoms with Crippen molar-refractivity contribution in [3.8, 4) is 17.2 Å². The number of carbonyl (C=O) groups is 1. The van der Waals surface area contributed by atoms with Crippen molar-refractivity contribution >= 4 is 19.9 Å². The van der Waals surface area contributed by atoms with Crippen LogP contribution in [-0.4, -0.2) is 75.0 Å². The standard InChI is InChI=1S/C18H17O7P.2C4H9NO/c19-18-10-6-14-5-9-16(25-26(20,21)22)17(12-14)24-15-7-3-13(4-8-15)2-1-11-23-18;2*1-3-6-4-2-5-1/h1-5,7-9,12H,6,10-11H2,(H2,20,21,22);2*5H,1-4H2/b2-1-;;. The molecule has 4 N–H and O–H groups in total. The van der Waals surface area contributed by atoms with Gasteiger partial charge in [-0.1, -0.05) is 24.3 Å². The minimum atomic E-state index is -4.74. The molecule has 6 rings (SSSR count). The number of nitrogens with one attached hydrogen (secondary N) is 2. The maximum atomic E-state index is 11.8. The van der Waals surface area contributed by atoms with Gasteiger partial charge in [0.15, 0.2) is 11.5 Å². The highest BCUT2D eigenvalue weighted by atomic mass is 31.2. The third-order valence-corrected chi connectivity index (χ3v) is 5.73. The lowest BCUT2D eigenvalue weighted by Crippen LogP contribution is -2.30. The van der Waals surface area contributed by atoms with Crippen molar-refractivity contribution in [2.75, 3.05) is 59.2 Å². The van der Waals surface area contributed by atoms with Crippen molar-refractivity contribution in [2.45, 2.75) is 12.8 Å². The van der Waals surface area contributed by atoms with E-state index in [4.69, 9.17) is 33.3 Å². The molecule has 0 amide bonds. The van der Waals surface area contributed by atoms with Gasteiger partial charge in [-0.2, -0.15) is 0 Å². The Balaban J connectivity index is 0.000000271. The molecular formula is C26H35N2O9P. The molecule has 4 bridgehead atoms. The van der Waals surface area contributed by atoms with Crippen LogP contribution in [0.3, 0.4) is 0 Å². The molecule has 4 heterocycles.